The van der Waals surface area contributed by atoms with E-state index < -0.39 is 12.2 Å². The molecule has 0 amide bonds. The molecule has 0 bridgehead atoms. The molecule has 0 heterocycles. The van der Waals surface area contributed by atoms with Gasteiger partial charge in [0.25, 0.3) is 0 Å². The lowest BCUT2D eigenvalue weighted by Crippen LogP contribution is -2.30. The highest BCUT2D eigenvalue weighted by Gasteiger charge is 2.23. The fourth-order valence-corrected chi connectivity index (χ4v) is 2.67. The smallest absolute Gasteiger partial charge is 0.105 e. The average Bonchev–Trinajstić information content (AvgIpc) is 2.47. The van der Waals surface area contributed by atoms with Gasteiger partial charge in [-0.15, -0.1) is 0 Å². The highest BCUT2D eigenvalue weighted by molar-refractivity contribution is 5.23. The van der Waals surface area contributed by atoms with Crippen LogP contribution >= 0.6 is 0 Å². The summed E-state index contributed by atoms with van der Waals surface area (Å²) in [6.45, 7) is 8.17. The topological polar surface area (TPSA) is 40.5 Å². The van der Waals surface area contributed by atoms with Crippen LogP contribution < -0.4 is 0 Å². The molecular weight excluding hydrogens is 272 g/mol. The largest absolute Gasteiger partial charge is 0.386 e. The van der Waals surface area contributed by atoms with Crippen LogP contribution in [0.2, 0.25) is 0 Å². The first-order chi connectivity index (χ1) is 10.4. The molecule has 2 heteroatoms. The van der Waals surface area contributed by atoms with Crippen LogP contribution in [0.4, 0.5) is 0 Å². The maximum Gasteiger partial charge on any atom is 0.105 e. The Hall–Kier alpha value is -1.12. The molecule has 1 aliphatic carbocycles. The Morgan fingerprint density at radius 3 is 2.41 bits per heavy atom. The van der Waals surface area contributed by atoms with Crippen LogP contribution in [-0.2, 0) is 0 Å². The molecule has 22 heavy (non-hydrogen) atoms. The minimum Gasteiger partial charge on any atom is -0.386 e. The van der Waals surface area contributed by atoms with Gasteiger partial charge >= 0.3 is 0 Å². The molecular formula is C20H32O2. The third-order valence-corrected chi connectivity index (χ3v) is 4.27. The average molecular weight is 304 g/mol. The molecule has 0 fully saturated rings. The van der Waals surface area contributed by atoms with Crippen molar-refractivity contribution in [2.75, 3.05) is 0 Å². The summed E-state index contributed by atoms with van der Waals surface area (Å²) in [5.74, 6) is 0.210. The van der Waals surface area contributed by atoms with Crippen molar-refractivity contribution in [1.29, 1.82) is 0 Å². The Labute approximate surface area is 135 Å². The van der Waals surface area contributed by atoms with Gasteiger partial charge < -0.3 is 10.2 Å². The third kappa shape index (κ3) is 6.33. The second kappa shape index (κ2) is 9.81. The standard InChI is InChI=1S/C20H32O2/c1-15(2)18-14-9-7-5-6-8-11-16(3)12-10-13-17(4)19(21)20(18)22/h7,9,11,13-15,19-22H,5-6,8,10,12H2,1-4H3/b9-7-,16-11+,17-13+,18-14-/t19-,20-/m1/s1. The highest BCUT2D eigenvalue weighted by atomic mass is 16.3. The number of hydrogen-bond donors (Lipinski definition) is 2. The molecule has 0 aliphatic heterocycles. The second-order valence-corrected chi connectivity index (χ2v) is 6.61. The first-order valence-electron chi connectivity index (χ1n) is 8.48. The van der Waals surface area contributed by atoms with Crippen molar-refractivity contribution in [3.8, 4) is 0 Å². The minimum atomic E-state index is -0.831. The molecule has 0 saturated heterocycles. The molecule has 0 spiro atoms. The lowest BCUT2D eigenvalue weighted by molar-refractivity contribution is 0.0603. The maximum atomic E-state index is 10.5. The van der Waals surface area contributed by atoms with E-state index >= 15 is 0 Å². The molecule has 0 unspecified atom stereocenters. The Kier molecular flexibility index (Phi) is 8.44. The van der Waals surface area contributed by atoms with Crippen LogP contribution in [0.5, 0.6) is 0 Å². The molecule has 0 aromatic rings. The summed E-state index contributed by atoms with van der Waals surface area (Å²) in [5, 5.41) is 20.9. The fourth-order valence-electron chi connectivity index (χ4n) is 2.67. The van der Waals surface area contributed by atoms with E-state index in [9.17, 15) is 10.2 Å². The highest BCUT2D eigenvalue weighted by Crippen LogP contribution is 2.22. The van der Waals surface area contributed by atoms with Gasteiger partial charge in [-0.05, 0) is 63.0 Å². The molecule has 0 aromatic heterocycles. The first-order valence-corrected chi connectivity index (χ1v) is 8.48. The summed E-state index contributed by atoms with van der Waals surface area (Å²) >= 11 is 0. The van der Waals surface area contributed by atoms with E-state index in [4.69, 9.17) is 0 Å². The van der Waals surface area contributed by atoms with Crippen LogP contribution in [0.1, 0.15) is 59.8 Å². The monoisotopic (exact) mass is 304 g/mol. The van der Waals surface area contributed by atoms with Crippen molar-refractivity contribution in [3.05, 3.63) is 47.1 Å². The van der Waals surface area contributed by atoms with E-state index in [0.29, 0.717) is 0 Å². The summed E-state index contributed by atoms with van der Waals surface area (Å²) in [4.78, 5) is 0. The van der Waals surface area contributed by atoms with Gasteiger partial charge in [0.15, 0.2) is 0 Å². The molecule has 2 N–H and O–H groups in total. The van der Waals surface area contributed by atoms with Crippen LogP contribution in [0, 0.1) is 5.92 Å². The van der Waals surface area contributed by atoms with Gasteiger partial charge in [-0.3, -0.25) is 0 Å². The summed E-state index contributed by atoms with van der Waals surface area (Å²) < 4.78 is 0. The molecule has 1 aliphatic rings. The van der Waals surface area contributed by atoms with Crippen molar-refractivity contribution < 1.29 is 10.2 Å². The zero-order chi connectivity index (χ0) is 16.5. The summed E-state index contributed by atoms with van der Waals surface area (Å²) in [6, 6.07) is 0. The minimum absolute atomic E-state index is 0.210. The predicted molar refractivity (Wildman–Crippen MR) is 94.7 cm³/mol. The van der Waals surface area contributed by atoms with Crippen LogP contribution in [0.15, 0.2) is 47.1 Å². The van der Waals surface area contributed by atoms with Gasteiger partial charge in [0.2, 0.25) is 0 Å². The Balaban J connectivity index is 2.98. The maximum absolute atomic E-state index is 10.5. The SMILES string of the molecule is C/C1=C\CCC/C=C\C=C(\C(C)C)[C@@H](O)[C@H](O)/C(C)=C/CC1. The van der Waals surface area contributed by atoms with Gasteiger partial charge in [0.1, 0.15) is 12.2 Å². The Morgan fingerprint density at radius 2 is 1.73 bits per heavy atom. The molecule has 2 nitrogen and oxygen atoms in total. The quantitative estimate of drug-likeness (QED) is 0.689. The molecule has 2 atom stereocenters. The zero-order valence-corrected chi connectivity index (χ0v) is 14.5. The van der Waals surface area contributed by atoms with Gasteiger partial charge in [-0.25, -0.2) is 0 Å². The van der Waals surface area contributed by atoms with E-state index in [1.807, 2.05) is 19.1 Å². The molecule has 0 saturated carbocycles. The van der Waals surface area contributed by atoms with Crippen molar-refractivity contribution in [2.24, 2.45) is 5.92 Å². The van der Waals surface area contributed by atoms with Gasteiger partial charge in [-0.1, -0.05) is 49.8 Å². The number of aliphatic hydroxyl groups is 2. The van der Waals surface area contributed by atoms with Crippen molar-refractivity contribution >= 4 is 0 Å². The molecule has 0 aromatic carbocycles. The number of hydrogen-bond acceptors (Lipinski definition) is 2. The van der Waals surface area contributed by atoms with Crippen LogP contribution in [-0.4, -0.2) is 22.4 Å². The van der Waals surface area contributed by atoms with E-state index in [1.165, 1.54) is 5.57 Å². The third-order valence-electron chi connectivity index (χ3n) is 4.27. The lowest BCUT2D eigenvalue weighted by Gasteiger charge is -2.24. The predicted octanol–water partition coefficient (Wildman–Crippen LogP) is 4.70. The Morgan fingerprint density at radius 1 is 1.00 bits per heavy atom. The number of allylic oxidation sites excluding steroid dienone is 6. The summed E-state index contributed by atoms with van der Waals surface area (Å²) in [7, 11) is 0. The van der Waals surface area contributed by atoms with Crippen LogP contribution in [0.25, 0.3) is 0 Å². The van der Waals surface area contributed by atoms with Crippen molar-refractivity contribution in [2.45, 2.75) is 72.0 Å². The first kappa shape index (κ1) is 18.9. The van der Waals surface area contributed by atoms with Gasteiger partial charge in [-0.2, -0.15) is 0 Å². The summed E-state index contributed by atoms with van der Waals surface area (Å²) in [6.07, 6.45) is 14.1. The Bertz CT molecular complexity index is 452. The van der Waals surface area contributed by atoms with E-state index in [-0.39, 0.29) is 5.92 Å². The van der Waals surface area contributed by atoms with E-state index in [1.54, 1.807) is 0 Å². The molecule has 1 rings (SSSR count). The van der Waals surface area contributed by atoms with Crippen molar-refractivity contribution in [1.82, 2.24) is 0 Å². The normalized spacial score (nSPS) is 34.4. The van der Waals surface area contributed by atoms with Crippen LogP contribution in [0.3, 0.4) is 0 Å². The molecule has 0 radical (unpaired) electrons. The lowest BCUT2D eigenvalue weighted by atomic mass is 9.90. The summed E-state index contributed by atoms with van der Waals surface area (Å²) in [5.41, 5.74) is 3.14. The van der Waals surface area contributed by atoms with E-state index in [0.717, 1.165) is 43.3 Å². The van der Waals surface area contributed by atoms with Gasteiger partial charge in [0, 0.05) is 0 Å². The van der Waals surface area contributed by atoms with E-state index in [2.05, 4.69) is 39.0 Å². The fraction of sp³-hybridized carbons (Fsp3) is 0.600. The van der Waals surface area contributed by atoms with Gasteiger partial charge in [0.05, 0.1) is 0 Å². The molecule has 124 valence electrons. The second-order valence-electron chi connectivity index (χ2n) is 6.61. The number of aliphatic hydroxyl groups excluding tert-OH is 2. The number of rotatable bonds is 1. The van der Waals surface area contributed by atoms with Crippen molar-refractivity contribution in [3.63, 3.8) is 0 Å². The zero-order valence-electron chi connectivity index (χ0n) is 14.5.